The van der Waals surface area contributed by atoms with E-state index in [-0.39, 0.29) is 11.7 Å². The number of nitrogens with zero attached hydrogens (tertiary/aromatic N) is 3. The zero-order chi connectivity index (χ0) is 13.4. The summed E-state index contributed by atoms with van der Waals surface area (Å²) < 4.78 is 5.14. The molecular formula is C12H12N4O3. The summed E-state index contributed by atoms with van der Waals surface area (Å²) in [5.74, 6) is 1.27. The fraction of sp³-hybridized carbons (Fsp3) is 0.333. The van der Waals surface area contributed by atoms with E-state index < -0.39 is 4.92 Å². The molecule has 1 aromatic heterocycles. The third-order valence-corrected chi connectivity index (χ3v) is 3.19. The van der Waals surface area contributed by atoms with Crippen LogP contribution in [-0.4, -0.2) is 15.1 Å². The first-order valence-electron chi connectivity index (χ1n) is 5.99. The minimum Gasteiger partial charge on any atom is -0.337 e. The maximum atomic E-state index is 10.6. The van der Waals surface area contributed by atoms with Crippen LogP contribution in [0.4, 0.5) is 5.69 Å². The molecule has 1 saturated carbocycles. The van der Waals surface area contributed by atoms with Crippen LogP contribution in [0.5, 0.6) is 0 Å². The maximum Gasteiger partial charge on any atom is 0.269 e. The molecule has 2 aromatic rings. The van der Waals surface area contributed by atoms with Gasteiger partial charge in [0.05, 0.1) is 11.0 Å². The summed E-state index contributed by atoms with van der Waals surface area (Å²) in [5.41, 5.74) is 6.67. The molecule has 98 valence electrons. The Morgan fingerprint density at radius 1 is 1.37 bits per heavy atom. The van der Waals surface area contributed by atoms with Crippen molar-refractivity contribution in [2.24, 2.45) is 11.7 Å². The van der Waals surface area contributed by atoms with E-state index >= 15 is 0 Å². The molecule has 1 fully saturated rings. The van der Waals surface area contributed by atoms with Crippen LogP contribution in [0.25, 0.3) is 11.4 Å². The smallest absolute Gasteiger partial charge is 0.269 e. The van der Waals surface area contributed by atoms with Crippen molar-refractivity contribution in [3.8, 4) is 11.4 Å². The topological polar surface area (TPSA) is 108 Å². The summed E-state index contributed by atoms with van der Waals surface area (Å²) in [4.78, 5) is 14.4. The van der Waals surface area contributed by atoms with Crippen molar-refractivity contribution < 1.29 is 9.45 Å². The lowest BCUT2D eigenvalue weighted by Gasteiger charge is -2.01. The molecule has 2 N–H and O–H groups in total. The molecule has 7 nitrogen and oxygen atoms in total. The van der Waals surface area contributed by atoms with E-state index in [0.717, 1.165) is 12.8 Å². The molecule has 0 amide bonds. The van der Waals surface area contributed by atoms with Gasteiger partial charge >= 0.3 is 0 Å². The Balaban J connectivity index is 1.83. The van der Waals surface area contributed by atoms with Crippen LogP contribution in [0.1, 0.15) is 24.8 Å². The second-order valence-electron chi connectivity index (χ2n) is 4.62. The average molecular weight is 260 g/mol. The number of nitro benzene ring substituents is 1. The number of rotatable bonds is 4. The van der Waals surface area contributed by atoms with E-state index in [4.69, 9.17) is 10.3 Å². The first kappa shape index (κ1) is 11.8. The molecule has 7 heteroatoms. The van der Waals surface area contributed by atoms with Crippen LogP contribution < -0.4 is 5.73 Å². The van der Waals surface area contributed by atoms with E-state index in [1.54, 1.807) is 12.1 Å². The molecule has 1 atom stereocenters. The molecule has 1 aliphatic carbocycles. The molecule has 0 aliphatic heterocycles. The van der Waals surface area contributed by atoms with Gasteiger partial charge in [0.1, 0.15) is 0 Å². The monoisotopic (exact) mass is 260 g/mol. The standard InChI is InChI=1S/C12H12N4O3/c13-10(7-1-2-7)12-14-11(15-19-12)8-3-5-9(6-4-8)16(17)18/h3-7,10H,1-2,13H2. The van der Waals surface area contributed by atoms with Gasteiger partial charge in [-0.2, -0.15) is 4.98 Å². The molecule has 0 spiro atoms. The van der Waals surface area contributed by atoms with Crippen LogP contribution in [0.15, 0.2) is 28.8 Å². The van der Waals surface area contributed by atoms with Gasteiger partial charge in [-0.25, -0.2) is 0 Å². The van der Waals surface area contributed by atoms with Gasteiger partial charge in [0.25, 0.3) is 5.69 Å². The lowest BCUT2D eigenvalue weighted by atomic mass is 10.2. The van der Waals surface area contributed by atoms with E-state index in [2.05, 4.69) is 10.1 Å². The summed E-state index contributed by atoms with van der Waals surface area (Å²) >= 11 is 0. The number of nitrogens with two attached hydrogens (primary N) is 1. The van der Waals surface area contributed by atoms with E-state index in [1.807, 2.05) is 0 Å². The molecule has 0 bridgehead atoms. The number of hydrogen-bond donors (Lipinski definition) is 1. The lowest BCUT2D eigenvalue weighted by Crippen LogP contribution is -2.12. The molecule has 1 aliphatic rings. The second-order valence-corrected chi connectivity index (χ2v) is 4.62. The third-order valence-electron chi connectivity index (χ3n) is 3.19. The zero-order valence-corrected chi connectivity index (χ0v) is 10.0. The van der Waals surface area contributed by atoms with Crippen molar-refractivity contribution in [1.82, 2.24) is 10.1 Å². The summed E-state index contributed by atoms with van der Waals surface area (Å²) in [6.07, 6.45) is 2.19. The highest BCUT2D eigenvalue weighted by molar-refractivity contribution is 5.56. The largest absolute Gasteiger partial charge is 0.337 e. The Hall–Kier alpha value is -2.28. The quantitative estimate of drug-likeness (QED) is 0.665. The SMILES string of the molecule is NC(c1nc(-c2ccc([N+](=O)[O-])cc2)no1)C1CC1. The van der Waals surface area contributed by atoms with Gasteiger partial charge in [-0.1, -0.05) is 5.16 Å². The Morgan fingerprint density at radius 2 is 2.05 bits per heavy atom. The summed E-state index contributed by atoms with van der Waals surface area (Å²) in [6.45, 7) is 0. The lowest BCUT2D eigenvalue weighted by molar-refractivity contribution is -0.384. The van der Waals surface area contributed by atoms with E-state index in [0.29, 0.717) is 23.2 Å². The number of benzene rings is 1. The Kier molecular flexibility index (Phi) is 2.75. The van der Waals surface area contributed by atoms with Gasteiger partial charge in [0.2, 0.25) is 11.7 Å². The molecule has 0 saturated heterocycles. The van der Waals surface area contributed by atoms with E-state index in [1.165, 1.54) is 12.1 Å². The minimum absolute atomic E-state index is 0.0298. The van der Waals surface area contributed by atoms with Crippen LogP contribution in [0.3, 0.4) is 0 Å². The van der Waals surface area contributed by atoms with Crippen LogP contribution >= 0.6 is 0 Å². The fourth-order valence-electron chi connectivity index (χ4n) is 1.88. The van der Waals surface area contributed by atoms with Crippen molar-refractivity contribution in [1.29, 1.82) is 0 Å². The molecule has 1 unspecified atom stereocenters. The zero-order valence-electron chi connectivity index (χ0n) is 10.0. The third kappa shape index (κ3) is 2.32. The summed E-state index contributed by atoms with van der Waals surface area (Å²) in [6, 6.07) is 5.79. The predicted molar refractivity (Wildman–Crippen MR) is 66.0 cm³/mol. The van der Waals surface area contributed by atoms with Crippen LogP contribution in [0.2, 0.25) is 0 Å². The summed E-state index contributed by atoms with van der Waals surface area (Å²) in [7, 11) is 0. The number of hydrogen-bond acceptors (Lipinski definition) is 6. The number of aromatic nitrogens is 2. The Bertz CT molecular complexity index is 604. The van der Waals surface area contributed by atoms with Gasteiger partial charge < -0.3 is 10.3 Å². The highest BCUT2D eigenvalue weighted by atomic mass is 16.6. The van der Waals surface area contributed by atoms with Crippen molar-refractivity contribution in [2.75, 3.05) is 0 Å². The molecule has 1 heterocycles. The van der Waals surface area contributed by atoms with Crippen LogP contribution in [-0.2, 0) is 0 Å². The normalized spacial score (nSPS) is 16.3. The van der Waals surface area contributed by atoms with Gasteiger partial charge in [0, 0.05) is 17.7 Å². The molecule has 0 radical (unpaired) electrons. The molecule has 19 heavy (non-hydrogen) atoms. The van der Waals surface area contributed by atoms with Gasteiger partial charge in [-0.15, -0.1) is 0 Å². The Morgan fingerprint density at radius 3 is 2.63 bits per heavy atom. The number of nitro groups is 1. The average Bonchev–Trinajstić information content (AvgIpc) is 3.15. The van der Waals surface area contributed by atoms with Crippen molar-refractivity contribution >= 4 is 5.69 Å². The van der Waals surface area contributed by atoms with Crippen molar-refractivity contribution in [3.05, 3.63) is 40.3 Å². The summed E-state index contributed by atoms with van der Waals surface area (Å²) in [5, 5.41) is 14.4. The Labute approximate surface area is 108 Å². The van der Waals surface area contributed by atoms with Crippen molar-refractivity contribution in [2.45, 2.75) is 18.9 Å². The van der Waals surface area contributed by atoms with Crippen LogP contribution in [0, 0.1) is 16.0 Å². The minimum atomic E-state index is -0.450. The van der Waals surface area contributed by atoms with Gasteiger partial charge in [-0.05, 0) is 30.9 Å². The predicted octanol–water partition coefficient (Wildman–Crippen LogP) is 2.05. The van der Waals surface area contributed by atoms with E-state index in [9.17, 15) is 10.1 Å². The second kappa shape index (κ2) is 4.43. The van der Waals surface area contributed by atoms with Crippen molar-refractivity contribution in [3.63, 3.8) is 0 Å². The number of non-ortho nitro benzene ring substituents is 1. The maximum absolute atomic E-state index is 10.6. The first-order valence-corrected chi connectivity index (χ1v) is 5.99. The van der Waals surface area contributed by atoms with Gasteiger partial charge in [-0.3, -0.25) is 10.1 Å². The fourth-order valence-corrected chi connectivity index (χ4v) is 1.88. The molecule has 3 rings (SSSR count). The molecular weight excluding hydrogens is 248 g/mol. The first-order chi connectivity index (χ1) is 9.15. The van der Waals surface area contributed by atoms with Gasteiger partial charge in [0.15, 0.2) is 0 Å². The molecule has 1 aromatic carbocycles. The highest BCUT2D eigenvalue weighted by Crippen LogP contribution is 2.39. The highest BCUT2D eigenvalue weighted by Gasteiger charge is 2.33.